The van der Waals surface area contributed by atoms with Gasteiger partial charge in [0, 0.05) is 30.4 Å². The highest BCUT2D eigenvalue weighted by Crippen LogP contribution is 2.36. The molecule has 2 N–H and O–H groups in total. The Morgan fingerprint density at radius 2 is 2.03 bits per heavy atom. The number of rotatable bonds is 4. The lowest BCUT2D eigenvalue weighted by Gasteiger charge is -2.20. The molecule has 0 bridgehead atoms. The van der Waals surface area contributed by atoms with Crippen molar-refractivity contribution in [3.63, 3.8) is 0 Å². The minimum absolute atomic E-state index is 0.379. The van der Waals surface area contributed by atoms with Crippen LogP contribution in [0.4, 0.5) is 5.82 Å². The van der Waals surface area contributed by atoms with Gasteiger partial charge in [-0.1, -0.05) is 6.07 Å². The zero-order valence-corrected chi connectivity index (χ0v) is 17.1. The zero-order valence-electron chi connectivity index (χ0n) is 17.1. The van der Waals surface area contributed by atoms with E-state index in [1.54, 1.807) is 6.20 Å². The van der Waals surface area contributed by atoms with Crippen LogP contribution in [0.1, 0.15) is 55.5 Å². The van der Waals surface area contributed by atoms with Crippen LogP contribution >= 0.6 is 0 Å². The molecular weight excluding hydrogens is 376 g/mol. The number of anilines is 1. The first-order valence-electron chi connectivity index (χ1n) is 10.9. The summed E-state index contributed by atoms with van der Waals surface area (Å²) in [6, 6.07) is 7.33. The second-order valence-electron chi connectivity index (χ2n) is 8.69. The number of nitrogens with one attached hydrogen (secondary N) is 2. The third kappa shape index (κ3) is 2.94. The first kappa shape index (κ1) is 17.8. The SMILES string of the molecule is CN1CCC[C@H]1c1ccc(N[C@@H]2CC[C@H](c3nnc4cnc5[nH]ccc5n34)C2)nc1. The van der Waals surface area contributed by atoms with Gasteiger partial charge in [0.25, 0.3) is 0 Å². The number of likely N-dealkylation sites (tertiary alicyclic amines) is 1. The number of aromatic nitrogens is 6. The molecule has 0 aromatic carbocycles. The van der Waals surface area contributed by atoms with Crippen LogP contribution in [-0.4, -0.2) is 54.1 Å². The van der Waals surface area contributed by atoms with Crippen molar-refractivity contribution in [2.24, 2.45) is 0 Å². The van der Waals surface area contributed by atoms with Crippen LogP contribution in [0.25, 0.3) is 16.8 Å². The van der Waals surface area contributed by atoms with Crippen molar-refractivity contribution in [3.05, 3.63) is 48.2 Å². The summed E-state index contributed by atoms with van der Waals surface area (Å²) >= 11 is 0. The molecule has 1 saturated carbocycles. The molecule has 0 radical (unpaired) electrons. The van der Waals surface area contributed by atoms with E-state index in [0.29, 0.717) is 18.0 Å². The summed E-state index contributed by atoms with van der Waals surface area (Å²) in [6.07, 6.45) is 11.5. The van der Waals surface area contributed by atoms with Gasteiger partial charge in [-0.25, -0.2) is 9.97 Å². The lowest BCUT2D eigenvalue weighted by molar-refractivity contribution is 0.317. The van der Waals surface area contributed by atoms with Crippen molar-refractivity contribution in [3.8, 4) is 0 Å². The molecular formula is C22H26N8. The highest BCUT2D eigenvalue weighted by atomic mass is 15.3. The Balaban J connectivity index is 1.18. The fraction of sp³-hybridized carbons (Fsp3) is 0.455. The number of H-pyrrole nitrogens is 1. The van der Waals surface area contributed by atoms with E-state index in [-0.39, 0.29) is 0 Å². The molecule has 4 aromatic heterocycles. The Morgan fingerprint density at radius 1 is 1.07 bits per heavy atom. The Hall–Kier alpha value is -3.00. The van der Waals surface area contributed by atoms with Gasteiger partial charge in [-0.2, -0.15) is 0 Å². The number of fused-ring (bicyclic) bond motifs is 3. The summed E-state index contributed by atoms with van der Waals surface area (Å²) in [5.41, 5.74) is 4.04. The lowest BCUT2D eigenvalue weighted by atomic mass is 10.1. The molecule has 2 fully saturated rings. The van der Waals surface area contributed by atoms with E-state index >= 15 is 0 Å². The van der Waals surface area contributed by atoms with Crippen LogP contribution < -0.4 is 5.32 Å². The highest BCUT2D eigenvalue weighted by Gasteiger charge is 2.30. The first-order chi connectivity index (χ1) is 14.8. The molecule has 3 atom stereocenters. The number of pyridine rings is 1. The predicted molar refractivity (Wildman–Crippen MR) is 115 cm³/mol. The van der Waals surface area contributed by atoms with Gasteiger partial charge in [-0.3, -0.25) is 9.30 Å². The van der Waals surface area contributed by atoms with Crippen LogP contribution in [0.5, 0.6) is 0 Å². The van der Waals surface area contributed by atoms with Gasteiger partial charge in [0.1, 0.15) is 11.6 Å². The molecule has 8 nitrogen and oxygen atoms in total. The molecule has 0 spiro atoms. The van der Waals surface area contributed by atoms with Crippen molar-refractivity contribution in [2.45, 2.75) is 50.1 Å². The van der Waals surface area contributed by atoms with Crippen molar-refractivity contribution in [1.29, 1.82) is 0 Å². The summed E-state index contributed by atoms with van der Waals surface area (Å²) in [6.45, 7) is 1.18. The monoisotopic (exact) mass is 402 g/mol. The zero-order chi connectivity index (χ0) is 20.1. The largest absolute Gasteiger partial charge is 0.367 e. The maximum atomic E-state index is 4.71. The summed E-state index contributed by atoms with van der Waals surface area (Å²) in [4.78, 5) is 14.7. The van der Waals surface area contributed by atoms with Crippen molar-refractivity contribution in [1.82, 2.24) is 34.4 Å². The molecule has 8 heteroatoms. The van der Waals surface area contributed by atoms with Crippen LogP contribution in [0.2, 0.25) is 0 Å². The number of nitrogens with zero attached hydrogens (tertiary/aromatic N) is 6. The number of aromatic amines is 1. The second-order valence-corrected chi connectivity index (χ2v) is 8.69. The quantitative estimate of drug-likeness (QED) is 0.543. The summed E-state index contributed by atoms with van der Waals surface area (Å²) in [5, 5.41) is 12.5. The molecule has 5 heterocycles. The van der Waals surface area contributed by atoms with Gasteiger partial charge < -0.3 is 10.3 Å². The van der Waals surface area contributed by atoms with Gasteiger partial charge in [-0.05, 0) is 63.4 Å². The van der Waals surface area contributed by atoms with Crippen molar-refractivity contribution in [2.75, 3.05) is 18.9 Å². The van der Waals surface area contributed by atoms with Gasteiger partial charge in [0.15, 0.2) is 11.3 Å². The van der Waals surface area contributed by atoms with Crippen molar-refractivity contribution < 1.29 is 0 Å². The Bertz CT molecular complexity index is 1180. The summed E-state index contributed by atoms with van der Waals surface area (Å²) < 4.78 is 2.15. The van der Waals surface area contributed by atoms with E-state index < -0.39 is 0 Å². The van der Waals surface area contributed by atoms with E-state index in [2.05, 4.69) is 54.0 Å². The summed E-state index contributed by atoms with van der Waals surface area (Å²) in [5.74, 6) is 2.38. The molecule has 4 aromatic rings. The number of hydrogen-bond acceptors (Lipinski definition) is 6. The molecule has 6 rings (SSSR count). The average Bonchev–Trinajstić information content (AvgIpc) is 3.54. The molecule has 1 aliphatic carbocycles. The standard InChI is InChI=1S/C22H26N8/c1-29-10-2-3-17(29)15-5-7-19(24-12-15)26-16-6-4-14(11-16)22-28-27-20-13-25-21-18(30(20)22)8-9-23-21/h5,7-9,12-14,16-17,23H,2-4,6,10-11H2,1H3,(H,24,26)/t14-,16+,17-/m0/s1. The Morgan fingerprint density at radius 3 is 2.87 bits per heavy atom. The summed E-state index contributed by atoms with van der Waals surface area (Å²) in [7, 11) is 2.20. The van der Waals surface area contributed by atoms with Crippen LogP contribution in [0, 0.1) is 0 Å². The molecule has 1 aliphatic heterocycles. The van der Waals surface area contributed by atoms with Crippen molar-refractivity contribution >= 4 is 22.6 Å². The van der Waals surface area contributed by atoms with E-state index in [1.165, 1.54) is 24.9 Å². The molecule has 154 valence electrons. The lowest BCUT2D eigenvalue weighted by Crippen LogP contribution is -2.19. The molecule has 0 unspecified atom stereocenters. The molecule has 2 aliphatic rings. The molecule has 0 amide bonds. The van der Waals surface area contributed by atoms with E-state index in [4.69, 9.17) is 4.98 Å². The maximum Gasteiger partial charge on any atom is 0.179 e. The van der Waals surface area contributed by atoms with E-state index in [1.807, 2.05) is 18.5 Å². The fourth-order valence-electron chi connectivity index (χ4n) is 5.24. The smallest absolute Gasteiger partial charge is 0.179 e. The topological polar surface area (TPSA) is 87.0 Å². The second kappa shape index (κ2) is 7.05. The van der Waals surface area contributed by atoms with Gasteiger partial charge in [-0.15, -0.1) is 10.2 Å². The van der Waals surface area contributed by atoms with Crippen LogP contribution in [0.15, 0.2) is 36.8 Å². The first-order valence-corrected chi connectivity index (χ1v) is 10.9. The minimum atomic E-state index is 0.379. The van der Waals surface area contributed by atoms with Gasteiger partial charge in [0.05, 0.1) is 11.7 Å². The molecule has 1 saturated heterocycles. The van der Waals surface area contributed by atoms with E-state index in [9.17, 15) is 0 Å². The van der Waals surface area contributed by atoms with Gasteiger partial charge >= 0.3 is 0 Å². The van der Waals surface area contributed by atoms with E-state index in [0.717, 1.165) is 47.7 Å². The van der Waals surface area contributed by atoms with Crippen LogP contribution in [0.3, 0.4) is 0 Å². The predicted octanol–water partition coefficient (Wildman–Crippen LogP) is 3.52. The van der Waals surface area contributed by atoms with Crippen LogP contribution in [-0.2, 0) is 0 Å². The number of hydrogen-bond donors (Lipinski definition) is 2. The Labute approximate surface area is 174 Å². The molecule has 30 heavy (non-hydrogen) atoms. The highest BCUT2D eigenvalue weighted by molar-refractivity contribution is 5.74. The minimum Gasteiger partial charge on any atom is -0.367 e. The average molecular weight is 403 g/mol. The maximum absolute atomic E-state index is 4.71. The third-order valence-corrected chi connectivity index (χ3v) is 6.81. The fourth-order valence-corrected chi connectivity index (χ4v) is 5.24. The third-order valence-electron chi connectivity index (χ3n) is 6.81. The normalized spacial score (nSPS) is 24.9. The van der Waals surface area contributed by atoms with Gasteiger partial charge in [0.2, 0.25) is 0 Å². The Kier molecular flexibility index (Phi) is 4.19.